The standard InChI is InChI=1S/C11H16ClN3O/c1-16-10-7-13-6-9(14-10)15-11(8-12)4-2-3-5-11/h6-7H,2-5,8H2,1H3,(H,14,15). The maximum absolute atomic E-state index is 6.05. The molecule has 5 heteroatoms. The summed E-state index contributed by atoms with van der Waals surface area (Å²) in [7, 11) is 1.58. The van der Waals surface area contributed by atoms with E-state index in [1.54, 1.807) is 19.5 Å². The van der Waals surface area contributed by atoms with E-state index >= 15 is 0 Å². The van der Waals surface area contributed by atoms with E-state index < -0.39 is 0 Å². The minimum atomic E-state index is -0.0113. The van der Waals surface area contributed by atoms with Crippen molar-refractivity contribution in [3.05, 3.63) is 12.4 Å². The first kappa shape index (κ1) is 11.5. The Morgan fingerprint density at radius 1 is 1.44 bits per heavy atom. The van der Waals surface area contributed by atoms with E-state index in [0.29, 0.717) is 11.8 Å². The van der Waals surface area contributed by atoms with E-state index in [1.807, 2.05) is 0 Å². The third kappa shape index (κ3) is 2.38. The van der Waals surface area contributed by atoms with Crippen molar-refractivity contribution in [1.82, 2.24) is 9.97 Å². The lowest BCUT2D eigenvalue weighted by Crippen LogP contribution is -2.37. The largest absolute Gasteiger partial charge is 0.480 e. The summed E-state index contributed by atoms with van der Waals surface area (Å²) in [5.41, 5.74) is -0.0113. The summed E-state index contributed by atoms with van der Waals surface area (Å²) in [6.45, 7) is 0. The molecule has 1 aliphatic rings. The Hall–Kier alpha value is -1.03. The molecule has 1 aliphatic carbocycles. The molecule has 4 nitrogen and oxygen atoms in total. The zero-order valence-electron chi connectivity index (χ0n) is 9.37. The van der Waals surface area contributed by atoms with Crippen molar-refractivity contribution in [2.24, 2.45) is 0 Å². The van der Waals surface area contributed by atoms with E-state index in [2.05, 4.69) is 15.3 Å². The van der Waals surface area contributed by atoms with Gasteiger partial charge in [0, 0.05) is 5.88 Å². The van der Waals surface area contributed by atoms with E-state index in [1.165, 1.54) is 12.8 Å². The van der Waals surface area contributed by atoms with Gasteiger partial charge in [0.2, 0.25) is 5.88 Å². The van der Waals surface area contributed by atoms with E-state index in [4.69, 9.17) is 16.3 Å². The minimum Gasteiger partial charge on any atom is -0.480 e. The molecule has 88 valence electrons. The number of hydrogen-bond acceptors (Lipinski definition) is 4. The first-order valence-corrected chi connectivity index (χ1v) is 6.02. The molecule has 0 unspecified atom stereocenters. The lowest BCUT2D eigenvalue weighted by Gasteiger charge is -2.28. The highest BCUT2D eigenvalue weighted by atomic mass is 35.5. The Labute approximate surface area is 100 Å². The lowest BCUT2D eigenvalue weighted by molar-refractivity contribution is 0.395. The Morgan fingerprint density at radius 2 is 2.19 bits per heavy atom. The summed E-state index contributed by atoms with van der Waals surface area (Å²) in [6.07, 6.45) is 7.92. The summed E-state index contributed by atoms with van der Waals surface area (Å²) < 4.78 is 5.04. The molecule has 0 bridgehead atoms. The molecule has 0 saturated heterocycles. The van der Waals surface area contributed by atoms with Gasteiger partial charge in [-0.15, -0.1) is 11.6 Å². The van der Waals surface area contributed by atoms with Crippen molar-refractivity contribution in [1.29, 1.82) is 0 Å². The Kier molecular flexibility index (Phi) is 3.49. The summed E-state index contributed by atoms with van der Waals surface area (Å²) in [6, 6.07) is 0. The number of hydrogen-bond donors (Lipinski definition) is 1. The number of ether oxygens (including phenoxy) is 1. The van der Waals surface area contributed by atoms with Gasteiger partial charge in [-0.2, -0.15) is 4.98 Å². The van der Waals surface area contributed by atoms with Crippen LogP contribution in [0.15, 0.2) is 12.4 Å². The van der Waals surface area contributed by atoms with Gasteiger partial charge in [-0.3, -0.25) is 4.98 Å². The lowest BCUT2D eigenvalue weighted by atomic mass is 10.0. The second-order valence-corrected chi connectivity index (χ2v) is 4.46. The van der Waals surface area contributed by atoms with Crippen molar-refractivity contribution in [3.63, 3.8) is 0 Å². The molecule has 16 heavy (non-hydrogen) atoms. The maximum Gasteiger partial charge on any atom is 0.233 e. The fourth-order valence-corrected chi connectivity index (χ4v) is 2.46. The van der Waals surface area contributed by atoms with E-state index in [9.17, 15) is 0 Å². The van der Waals surface area contributed by atoms with Crippen molar-refractivity contribution >= 4 is 17.4 Å². The first-order valence-electron chi connectivity index (χ1n) is 5.48. The number of alkyl halides is 1. The van der Waals surface area contributed by atoms with Gasteiger partial charge in [0.15, 0.2) is 0 Å². The zero-order valence-corrected chi connectivity index (χ0v) is 10.1. The molecular formula is C11H16ClN3O. The fraction of sp³-hybridized carbons (Fsp3) is 0.636. The summed E-state index contributed by atoms with van der Waals surface area (Å²) in [4.78, 5) is 8.36. The SMILES string of the molecule is COc1cncc(NC2(CCl)CCCC2)n1. The van der Waals surface area contributed by atoms with Gasteiger partial charge in [0.1, 0.15) is 5.82 Å². The van der Waals surface area contributed by atoms with Crippen molar-refractivity contribution in [3.8, 4) is 5.88 Å². The van der Waals surface area contributed by atoms with Crippen LogP contribution in [0.5, 0.6) is 5.88 Å². The monoisotopic (exact) mass is 241 g/mol. The second kappa shape index (κ2) is 4.87. The van der Waals surface area contributed by atoms with Gasteiger partial charge in [0.05, 0.1) is 25.0 Å². The van der Waals surface area contributed by atoms with Crippen LogP contribution in [-0.2, 0) is 0 Å². The van der Waals surface area contributed by atoms with Crippen LogP contribution in [0.3, 0.4) is 0 Å². The highest BCUT2D eigenvalue weighted by molar-refractivity contribution is 6.18. The Balaban J connectivity index is 2.12. The first-order chi connectivity index (χ1) is 7.78. The van der Waals surface area contributed by atoms with Gasteiger partial charge in [-0.05, 0) is 12.8 Å². The normalized spacial score (nSPS) is 18.4. The predicted molar refractivity (Wildman–Crippen MR) is 64.1 cm³/mol. The summed E-state index contributed by atoms with van der Waals surface area (Å²) in [5, 5.41) is 3.39. The number of aromatic nitrogens is 2. The highest BCUT2D eigenvalue weighted by Gasteiger charge is 2.33. The third-order valence-corrected chi connectivity index (χ3v) is 3.54. The zero-order chi connectivity index (χ0) is 11.4. The second-order valence-electron chi connectivity index (χ2n) is 4.19. The van der Waals surface area contributed by atoms with Crippen LogP contribution in [0.2, 0.25) is 0 Å². The molecule has 1 aromatic rings. The molecule has 0 atom stereocenters. The smallest absolute Gasteiger partial charge is 0.233 e. The van der Waals surface area contributed by atoms with Crippen LogP contribution in [0.4, 0.5) is 5.82 Å². The van der Waals surface area contributed by atoms with Crippen LogP contribution in [-0.4, -0.2) is 28.5 Å². The fourth-order valence-electron chi connectivity index (χ4n) is 2.12. The molecule has 1 fully saturated rings. The Morgan fingerprint density at radius 3 is 2.81 bits per heavy atom. The van der Waals surface area contributed by atoms with Gasteiger partial charge >= 0.3 is 0 Å². The minimum absolute atomic E-state index is 0.0113. The molecule has 0 amide bonds. The molecule has 1 N–H and O–H groups in total. The van der Waals surface area contributed by atoms with Crippen molar-refractivity contribution in [2.45, 2.75) is 31.2 Å². The number of methoxy groups -OCH3 is 1. The predicted octanol–water partition coefficient (Wildman–Crippen LogP) is 2.45. The number of rotatable bonds is 4. The average Bonchev–Trinajstić information content (AvgIpc) is 2.78. The molecule has 2 rings (SSSR count). The van der Waals surface area contributed by atoms with Gasteiger partial charge in [-0.25, -0.2) is 0 Å². The molecular weight excluding hydrogens is 226 g/mol. The van der Waals surface area contributed by atoms with Crippen molar-refractivity contribution in [2.75, 3.05) is 18.3 Å². The molecule has 0 aliphatic heterocycles. The summed E-state index contributed by atoms with van der Waals surface area (Å²) in [5.74, 6) is 1.86. The third-order valence-electron chi connectivity index (χ3n) is 3.03. The van der Waals surface area contributed by atoms with Crippen LogP contribution in [0.1, 0.15) is 25.7 Å². The van der Waals surface area contributed by atoms with E-state index in [-0.39, 0.29) is 5.54 Å². The molecule has 1 heterocycles. The maximum atomic E-state index is 6.05. The number of nitrogens with zero attached hydrogens (tertiary/aromatic N) is 2. The highest BCUT2D eigenvalue weighted by Crippen LogP contribution is 2.33. The van der Waals surface area contributed by atoms with Gasteiger partial charge < -0.3 is 10.1 Å². The summed E-state index contributed by atoms with van der Waals surface area (Å²) >= 11 is 6.05. The molecule has 0 spiro atoms. The van der Waals surface area contributed by atoms with Crippen LogP contribution in [0, 0.1) is 0 Å². The van der Waals surface area contributed by atoms with Gasteiger partial charge in [0.25, 0.3) is 0 Å². The topological polar surface area (TPSA) is 47.0 Å². The van der Waals surface area contributed by atoms with Crippen LogP contribution >= 0.6 is 11.6 Å². The average molecular weight is 242 g/mol. The number of halogens is 1. The Bertz CT molecular complexity index is 353. The van der Waals surface area contributed by atoms with Crippen LogP contribution < -0.4 is 10.1 Å². The molecule has 1 saturated carbocycles. The van der Waals surface area contributed by atoms with E-state index in [0.717, 1.165) is 18.7 Å². The number of nitrogens with one attached hydrogen (secondary N) is 1. The number of anilines is 1. The van der Waals surface area contributed by atoms with Gasteiger partial charge in [-0.1, -0.05) is 12.8 Å². The molecule has 0 aromatic carbocycles. The molecule has 1 aromatic heterocycles. The van der Waals surface area contributed by atoms with Crippen molar-refractivity contribution < 1.29 is 4.74 Å². The molecule has 0 radical (unpaired) electrons. The van der Waals surface area contributed by atoms with Crippen LogP contribution in [0.25, 0.3) is 0 Å². The quantitative estimate of drug-likeness (QED) is 0.823.